The predicted molar refractivity (Wildman–Crippen MR) is 154 cm³/mol. The summed E-state index contributed by atoms with van der Waals surface area (Å²) in [5.41, 5.74) is 3.67. The zero-order chi connectivity index (χ0) is 26.2. The van der Waals surface area contributed by atoms with Crippen LogP contribution in [0.1, 0.15) is 36.9 Å². The van der Waals surface area contributed by atoms with Gasteiger partial charge in [-0.05, 0) is 24.5 Å². The number of amides is 1. The fourth-order valence-electron chi connectivity index (χ4n) is 5.14. The molecular weight excluding hydrogens is 490 g/mol. The van der Waals surface area contributed by atoms with E-state index < -0.39 is 0 Å². The number of thioether (sulfide) groups is 1. The molecule has 1 aliphatic heterocycles. The molecule has 4 aromatic rings. The summed E-state index contributed by atoms with van der Waals surface area (Å²) < 4.78 is 2.15. The molecule has 0 bridgehead atoms. The van der Waals surface area contributed by atoms with Crippen molar-refractivity contribution in [1.82, 2.24) is 24.6 Å². The number of carbonyl (C=O) groups is 1. The van der Waals surface area contributed by atoms with Crippen molar-refractivity contribution >= 4 is 17.7 Å². The first-order valence-corrected chi connectivity index (χ1v) is 14.5. The lowest BCUT2D eigenvalue weighted by molar-refractivity contribution is -0.133. The lowest BCUT2D eigenvalue weighted by Crippen LogP contribution is -2.49. The minimum Gasteiger partial charge on any atom is -0.340 e. The van der Waals surface area contributed by atoms with Gasteiger partial charge in [0.1, 0.15) is 0 Å². The van der Waals surface area contributed by atoms with E-state index in [2.05, 4.69) is 99.4 Å². The average Bonchev–Trinajstić information content (AvgIpc) is 3.40. The Bertz CT molecular complexity index is 1250. The van der Waals surface area contributed by atoms with Gasteiger partial charge in [-0.15, -0.1) is 10.2 Å². The van der Waals surface area contributed by atoms with Gasteiger partial charge in [0.15, 0.2) is 11.0 Å². The quantitative estimate of drug-likeness (QED) is 0.194. The van der Waals surface area contributed by atoms with E-state index in [1.54, 1.807) is 11.8 Å². The molecule has 3 aromatic carbocycles. The van der Waals surface area contributed by atoms with Crippen molar-refractivity contribution < 1.29 is 4.79 Å². The Morgan fingerprint density at radius 3 is 1.97 bits per heavy atom. The number of hydrogen-bond acceptors (Lipinski definition) is 5. The monoisotopic (exact) mass is 525 g/mol. The Morgan fingerprint density at radius 1 is 0.816 bits per heavy atom. The second-order valence-electron chi connectivity index (χ2n) is 9.51. The molecule has 0 aliphatic carbocycles. The number of benzene rings is 3. The van der Waals surface area contributed by atoms with Gasteiger partial charge >= 0.3 is 0 Å². The molecule has 6 nitrogen and oxygen atoms in total. The highest BCUT2D eigenvalue weighted by atomic mass is 32.2. The van der Waals surface area contributed by atoms with Gasteiger partial charge in [-0.1, -0.05) is 103 Å². The van der Waals surface area contributed by atoms with E-state index in [9.17, 15) is 4.79 Å². The van der Waals surface area contributed by atoms with Gasteiger partial charge < -0.3 is 9.47 Å². The number of aromatic nitrogens is 3. The summed E-state index contributed by atoms with van der Waals surface area (Å²) in [6.45, 7) is 6.21. The first kappa shape index (κ1) is 26.2. The van der Waals surface area contributed by atoms with Gasteiger partial charge in [-0.2, -0.15) is 0 Å². The molecule has 196 valence electrons. The fraction of sp³-hybridized carbons (Fsp3) is 0.323. The average molecular weight is 526 g/mol. The van der Waals surface area contributed by atoms with E-state index in [-0.39, 0.29) is 11.9 Å². The van der Waals surface area contributed by atoms with Crippen LogP contribution in [-0.2, 0) is 11.3 Å². The fourth-order valence-corrected chi connectivity index (χ4v) is 6.08. The van der Waals surface area contributed by atoms with Gasteiger partial charge in [0.25, 0.3) is 0 Å². The van der Waals surface area contributed by atoms with E-state index in [0.29, 0.717) is 6.42 Å². The molecule has 0 N–H and O–H groups in total. The molecule has 0 unspecified atom stereocenters. The number of rotatable bonds is 10. The molecule has 2 heterocycles. The number of nitrogens with zero attached hydrogens (tertiary/aromatic N) is 5. The van der Waals surface area contributed by atoms with Crippen molar-refractivity contribution in [2.24, 2.45) is 0 Å². The largest absolute Gasteiger partial charge is 0.340 e. The summed E-state index contributed by atoms with van der Waals surface area (Å²) >= 11 is 1.69. The Hall–Kier alpha value is -3.42. The van der Waals surface area contributed by atoms with Crippen molar-refractivity contribution in [2.75, 3.05) is 31.9 Å². The van der Waals surface area contributed by atoms with Crippen LogP contribution in [0.25, 0.3) is 11.4 Å². The second kappa shape index (κ2) is 12.9. The number of carbonyl (C=O) groups excluding carboxylic acids is 1. The summed E-state index contributed by atoms with van der Waals surface area (Å²) in [6, 6.07) is 31.7. The van der Waals surface area contributed by atoms with Crippen molar-refractivity contribution in [2.45, 2.75) is 37.5 Å². The number of piperazine rings is 1. The van der Waals surface area contributed by atoms with Crippen LogP contribution in [0.3, 0.4) is 0 Å². The summed E-state index contributed by atoms with van der Waals surface area (Å²) in [5.74, 6) is 2.00. The topological polar surface area (TPSA) is 54.3 Å². The SMILES string of the molecule is CCn1c(SCCCC(=O)N2CCN(C(c3ccccc3)c3ccccc3)CC2)nnc1-c1ccccc1. The molecule has 0 radical (unpaired) electrons. The van der Waals surface area contributed by atoms with E-state index >= 15 is 0 Å². The van der Waals surface area contributed by atoms with Gasteiger partial charge in [0, 0.05) is 50.5 Å². The van der Waals surface area contributed by atoms with Crippen LogP contribution in [0, 0.1) is 0 Å². The van der Waals surface area contributed by atoms with Gasteiger partial charge in [0.2, 0.25) is 5.91 Å². The third kappa shape index (κ3) is 6.17. The van der Waals surface area contributed by atoms with Crippen LogP contribution in [0.2, 0.25) is 0 Å². The maximum absolute atomic E-state index is 13.0. The van der Waals surface area contributed by atoms with Gasteiger partial charge in [-0.3, -0.25) is 9.69 Å². The lowest BCUT2D eigenvalue weighted by atomic mass is 9.96. The van der Waals surface area contributed by atoms with Crippen LogP contribution in [0.15, 0.2) is 96.2 Å². The van der Waals surface area contributed by atoms with Crippen LogP contribution in [0.4, 0.5) is 0 Å². The smallest absolute Gasteiger partial charge is 0.222 e. The van der Waals surface area contributed by atoms with Crippen LogP contribution >= 0.6 is 11.8 Å². The first-order chi connectivity index (χ1) is 18.7. The summed E-state index contributed by atoms with van der Waals surface area (Å²) in [7, 11) is 0. The molecule has 7 heteroatoms. The second-order valence-corrected chi connectivity index (χ2v) is 10.6. The molecule has 1 saturated heterocycles. The van der Waals surface area contributed by atoms with E-state index in [4.69, 9.17) is 0 Å². The van der Waals surface area contributed by atoms with Crippen molar-refractivity contribution in [3.8, 4) is 11.4 Å². The highest BCUT2D eigenvalue weighted by Crippen LogP contribution is 2.30. The maximum Gasteiger partial charge on any atom is 0.222 e. The van der Waals surface area contributed by atoms with Gasteiger partial charge in [-0.25, -0.2) is 0 Å². The summed E-state index contributed by atoms with van der Waals surface area (Å²) in [4.78, 5) is 17.5. The molecule has 1 fully saturated rings. The Kier molecular flexibility index (Phi) is 8.89. The Labute approximate surface area is 229 Å². The third-order valence-electron chi connectivity index (χ3n) is 7.09. The van der Waals surface area contributed by atoms with E-state index in [0.717, 1.165) is 61.4 Å². The van der Waals surface area contributed by atoms with E-state index in [1.165, 1.54) is 11.1 Å². The standard InChI is InChI=1S/C31H35N5OS/c1-2-36-30(27-17-10-5-11-18-27)32-33-31(36)38-24-12-19-28(37)34-20-22-35(23-21-34)29(25-13-6-3-7-14-25)26-15-8-4-9-16-26/h3-11,13-18,29H,2,12,19-24H2,1H3. The van der Waals surface area contributed by atoms with Crippen molar-refractivity contribution in [3.63, 3.8) is 0 Å². The molecular formula is C31H35N5OS. The normalized spacial score (nSPS) is 14.2. The molecule has 5 rings (SSSR count). The van der Waals surface area contributed by atoms with Crippen LogP contribution in [0.5, 0.6) is 0 Å². The molecule has 1 aromatic heterocycles. The molecule has 0 saturated carbocycles. The highest BCUT2D eigenvalue weighted by Gasteiger charge is 2.28. The lowest BCUT2D eigenvalue weighted by Gasteiger charge is -2.40. The van der Waals surface area contributed by atoms with Crippen molar-refractivity contribution in [1.29, 1.82) is 0 Å². The molecule has 1 amide bonds. The van der Waals surface area contributed by atoms with Crippen LogP contribution in [-0.4, -0.2) is 62.4 Å². The first-order valence-electron chi connectivity index (χ1n) is 13.5. The Morgan fingerprint density at radius 2 is 1.39 bits per heavy atom. The third-order valence-corrected chi connectivity index (χ3v) is 8.15. The van der Waals surface area contributed by atoms with Gasteiger partial charge in [0.05, 0.1) is 6.04 Å². The summed E-state index contributed by atoms with van der Waals surface area (Å²) in [5, 5.41) is 9.76. The zero-order valence-corrected chi connectivity index (χ0v) is 22.8. The molecule has 1 aliphatic rings. The highest BCUT2D eigenvalue weighted by molar-refractivity contribution is 7.99. The molecule has 0 spiro atoms. The minimum absolute atomic E-state index is 0.211. The van der Waals surface area contributed by atoms with Crippen molar-refractivity contribution in [3.05, 3.63) is 102 Å². The molecule has 38 heavy (non-hydrogen) atoms. The minimum atomic E-state index is 0.211. The Balaban J connectivity index is 1.12. The number of hydrogen-bond donors (Lipinski definition) is 0. The summed E-state index contributed by atoms with van der Waals surface area (Å²) in [6.07, 6.45) is 1.40. The predicted octanol–water partition coefficient (Wildman–Crippen LogP) is 5.77. The maximum atomic E-state index is 13.0. The zero-order valence-electron chi connectivity index (χ0n) is 21.9. The van der Waals surface area contributed by atoms with E-state index in [1.807, 2.05) is 23.1 Å². The molecule has 0 atom stereocenters. The van der Waals surface area contributed by atoms with Crippen LogP contribution < -0.4 is 0 Å².